The predicted molar refractivity (Wildman–Crippen MR) is 90.6 cm³/mol. The lowest BCUT2D eigenvalue weighted by atomic mass is 10.1. The SMILES string of the molecule is CC(C)(C)NC(=O)NC(=O)CN1C(=O)N[C@@H](Cc2ccccc2)C1=O. The van der Waals surface area contributed by atoms with Crippen molar-refractivity contribution in [3.8, 4) is 0 Å². The number of imide groups is 2. The van der Waals surface area contributed by atoms with Gasteiger partial charge in [-0.25, -0.2) is 9.59 Å². The molecule has 0 saturated carbocycles. The summed E-state index contributed by atoms with van der Waals surface area (Å²) in [6.07, 6.45) is 0.341. The van der Waals surface area contributed by atoms with Crippen LogP contribution in [-0.4, -0.2) is 46.9 Å². The highest BCUT2D eigenvalue weighted by Gasteiger charge is 2.39. The fourth-order valence-electron chi connectivity index (χ4n) is 2.40. The highest BCUT2D eigenvalue weighted by molar-refractivity contribution is 6.07. The van der Waals surface area contributed by atoms with Crippen LogP contribution in [0.3, 0.4) is 0 Å². The van der Waals surface area contributed by atoms with Gasteiger partial charge in [0.25, 0.3) is 5.91 Å². The van der Waals surface area contributed by atoms with Gasteiger partial charge < -0.3 is 10.6 Å². The lowest BCUT2D eigenvalue weighted by Gasteiger charge is -2.20. The van der Waals surface area contributed by atoms with Crippen LogP contribution in [0.1, 0.15) is 26.3 Å². The molecule has 1 heterocycles. The second-order valence-electron chi connectivity index (χ2n) is 6.87. The van der Waals surface area contributed by atoms with E-state index in [2.05, 4.69) is 16.0 Å². The smallest absolute Gasteiger partial charge is 0.325 e. The molecule has 8 nitrogen and oxygen atoms in total. The molecule has 1 atom stereocenters. The van der Waals surface area contributed by atoms with Gasteiger partial charge in [-0.1, -0.05) is 30.3 Å². The summed E-state index contributed by atoms with van der Waals surface area (Å²) in [6, 6.07) is 7.22. The van der Waals surface area contributed by atoms with E-state index in [0.717, 1.165) is 10.5 Å². The molecule has 1 aliphatic rings. The molecule has 1 aliphatic heterocycles. The molecule has 3 N–H and O–H groups in total. The molecule has 134 valence electrons. The summed E-state index contributed by atoms with van der Waals surface area (Å²) in [7, 11) is 0. The Balaban J connectivity index is 1.91. The van der Waals surface area contributed by atoms with Crippen molar-refractivity contribution in [1.29, 1.82) is 0 Å². The number of carbonyl (C=O) groups is 4. The third-order valence-electron chi connectivity index (χ3n) is 3.43. The van der Waals surface area contributed by atoms with Gasteiger partial charge in [-0.05, 0) is 26.3 Å². The number of amides is 6. The molecule has 6 amide bonds. The molecule has 0 spiro atoms. The van der Waals surface area contributed by atoms with Crippen LogP contribution in [0.15, 0.2) is 30.3 Å². The van der Waals surface area contributed by atoms with Gasteiger partial charge in [0.2, 0.25) is 5.91 Å². The number of hydrogen-bond acceptors (Lipinski definition) is 4. The Morgan fingerprint density at radius 3 is 2.40 bits per heavy atom. The number of rotatable bonds is 4. The molecule has 1 fully saturated rings. The molecule has 0 bridgehead atoms. The lowest BCUT2D eigenvalue weighted by Crippen LogP contribution is -2.51. The topological polar surface area (TPSA) is 108 Å². The van der Waals surface area contributed by atoms with Crippen molar-refractivity contribution < 1.29 is 19.2 Å². The molecule has 1 aromatic rings. The number of urea groups is 2. The van der Waals surface area contributed by atoms with Crippen molar-refractivity contribution in [3.05, 3.63) is 35.9 Å². The molecule has 1 saturated heterocycles. The fourth-order valence-corrected chi connectivity index (χ4v) is 2.40. The second-order valence-corrected chi connectivity index (χ2v) is 6.87. The molecule has 0 aromatic heterocycles. The predicted octanol–water partition coefficient (Wildman–Crippen LogP) is 0.774. The highest BCUT2D eigenvalue weighted by atomic mass is 16.2. The first-order valence-electron chi connectivity index (χ1n) is 7.93. The first-order valence-corrected chi connectivity index (χ1v) is 7.93. The second kappa shape index (κ2) is 7.33. The number of benzene rings is 1. The van der Waals surface area contributed by atoms with Crippen LogP contribution in [0.25, 0.3) is 0 Å². The Morgan fingerprint density at radius 2 is 1.80 bits per heavy atom. The summed E-state index contributed by atoms with van der Waals surface area (Å²) in [5, 5.41) is 7.23. The van der Waals surface area contributed by atoms with E-state index in [-0.39, 0.29) is 0 Å². The van der Waals surface area contributed by atoms with Gasteiger partial charge in [-0.2, -0.15) is 0 Å². The van der Waals surface area contributed by atoms with Crippen molar-refractivity contribution in [2.24, 2.45) is 0 Å². The number of hydrogen-bond donors (Lipinski definition) is 3. The first-order chi connectivity index (χ1) is 11.7. The lowest BCUT2D eigenvalue weighted by molar-refractivity contribution is -0.131. The van der Waals surface area contributed by atoms with Crippen LogP contribution in [-0.2, 0) is 16.0 Å². The summed E-state index contributed by atoms with van der Waals surface area (Å²) in [5.74, 6) is -1.22. The first kappa shape index (κ1) is 18.4. The summed E-state index contributed by atoms with van der Waals surface area (Å²) >= 11 is 0. The van der Waals surface area contributed by atoms with Gasteiger partial charge in [-0.15, -0.1) is 0 Å². The molecule has 25 heavy (non-hydrogen) atoms. The zero-order chi connectivity index (χ0) is 18.6. The molecule has 2 rings (SSSR count). The van der Waals surface area contributed by atoms with Crippen LogP contribution in [0, 0.1) is 0 Å². The molecule has 0 unspecified atom stereocenters. The molecule has 0 radical (unpaired) electrons. The Kier molecular flexibility index (Phi) is 5.41. The Labute approximate surface area is 145 Å². The minimum absolute atomic E-state index is 0.341. The van der Waals surface area contributed by atoms with E-state index in [0.29, 0.717) is 6.42 Å². The summed E-state index contributed by atoms with van der Waals surface area (Å²) in [6.45, 7) is 4.79. The van der Waals surface area contributed by atoms with E-state index < -0.39 is 42.0 Å². The third kappa shape index (κ3) is 5.30. The maximum atomic E-state index is 12.3. The normalized spacial score (nSPS) is 17.2. The largest absolute Gasteiger partial charge is 0.333 e. The van der Waals surface area contributed by atoms with Crippen LogP contribution in [0.5, 0.6) is 0 Å². The maximum Gasteiger partial charge on any atom is 0.325 e. The van der Waals surface area contributed by atoms with E-state index >= 15 is 0 Å². The number of carbonyl (C=O) groups excluding carboxylic acids is 4. The summed E-state index contributed by atoms with van der Waals surface area (Å²) in [4.78, 5) is 48.7. The standard InChI is InChI=1S/C17H22N4O4/c1-17(2,3)20-15(24)19-13(22)10-21-14(23)12(18-16(21)25)9-11-7-5-4-6-8-11/h4-8,12H,9-10H2,1-3H3,(H,18,25)(H2,19,20,22,24)/t12-/m0/s1. The quantitative estimate of drug-likeness (QED) is 0.700. The van der Waals surface area contributed by atoms with E-state index in [9.17, 15) is 19.2 Å². The van der Waals surface area contributed by atoms with Gasteiger partial charge in [0.1, 0.15) is 12.6 Å². The minimum Gasteiger partial charge on any atom is -0.333 e. The van der Waals surface area contributed by atoms with Crippen LogP contribution < -0.4 is 16.0 Å². The minimum atomic E-state index is -0.731. The van der Waals surface area contributed by atoms with Crippen molar-refractivity contribution in [3.63, 3.8) is 0 Å². The Hall–Kier alpha value is -2.90. The average molecular weight is 346 g/mol. The average Bonchev–Trinajstić information content (AvgIpc) is 2.74. The van der Waals surface area contributed by atoms with Gasteiger partial charge >= 0.3 is 12.1 Å². The Bertz CT molecular complexity index is 682. The van der Waals surface area contributed by atoms with Crippen LogP contribution in [0.4, 0.5) is 9.59 Å². The van der Waals surface area contributed by atoms with Gasteiger partial charge in [0.05, 0.1) is 0 Å². The number of nitrogens with zero attached hydrogens (tertiary/aromatic N) is 1. The van der Waals surface area contributed by atoms with Crippen molar-refractivity contribution >= 4 is 23.9 Å². The van der Waals surface area contributed by atoms with E-state index in [1.807, 2.05) is 30.3 Å². The Morgan fingerprint density at radius 1 is 1.16 bits per heavy atom. The zero-order valence-corrected chi connectivity index (χ0v) is 14.5. The van der Waals surface area contributed by atoms with E-state index in [1.54, 1.807) is 20.8 Å². The zero-order valence-electron chi connectivity index (χ0n) is 14.5. The molecule has 8 heteroatoms. The van der Waals surface area contributed by atoms with Gasteiger partial charge in [0, 0.05) is 12.0 Å². The van der Waals surface area contributed by atoms with Crippen molar-refractivity contribution in [2.75, 3.05) is 6.54 Å². The monoisotopic (exact) mass is 346 g/mol. The highest BCUT2D eigenvalue weighted by Crippen LogP contribution is 2.12. The summed E-state index contributed by atoms with van der Waals surface area (Å²) < 4.78 is 0. The number of nitrogens with one attached hydrogen (secondary N) is 3. The van der Waals surface area contributed by atoms with Gasteiger partial charge in [-0.3, -0.25) is 19.8 Å². The third-order valence-corrected chi connectivity index (χ3v) is 3.43. The molecular weight excluding hydrogens is 324 g/mol. The van der Waals surface area contributed by atoms with E-state index in [4.69, 9.17) is 0 Å². The molecule has 0 aliphatic carbocycles. The van der Waals surface area contributed by atoms with Crippen molar-refractivity contribution in [2.45, 2.75) is 38.8 Å². The molecule has 1 aromatic carbocycles. The van der Waals surface area contributed by atoms with Crippen molar-refractivity contribution in [1.82, 2.24) is 20.9 Å². The van der Waals surface area contributed by atoms with Crippen LogP contribution in [0.2, 0.25) is 0 Å². The summed E-state index contributed by atoms with van der Waals surface area (Å²) in [5.41, 5.74) is 0.392. The van der Waals surface area contributed by atoms with Gasteiger partial charge in [0.15, 0.2) is 0 Å². The fraction of sp³-hybridized carbons (Fsp3) is 0.412. The van der Waals surface area contributed by atoms with Crippen LogP contribution >= 0.6 is 0 Å². The van der Waals surface area contributed by atoms with E-state index in [1.165, 1.54) is 0 Å². The maximum absolute atomic E-state index is 12.3. The molecular formula is C17H22N4O4.